The van der Waals surface area contributed by atoms with Gasteiger partial charge in [-0.2, -0.15) is 0 Å². The standard InChI is InChI=1S/C26H30N4O2/c1-27-23-16-20(19-6-3-2-4-7-19)17-28-24(23)29-14-5-12-26(18-29)13-15-30(25(26)32)21-8-10-22(31)11-9-21/h2-4,6-7,16-17,21-22,31H,5,8-15,18H2/t21-,22-,26-/m0/s1. The average molecular weight is 431 g/mol. The Labute approximate surface area is 189 Å². The van der Waals surface area contributed by atoms with Crippen LogP contribution >= 0.6 is 0 Å². The predicted molar refractivity (Wildman–Crippen MR) is 124 cm³/mol. The second kappa shape index (κ2) is 8.55. The topological polar surface area (TPSA) is 61.0 Å². The van der Waals surface area contributed by atoms with Crippen LogP contribution in [0.5, 0.6) is 0 Å². The van der Waals surface area contributed by atoms with E-state index < -0.39 is 0 Å². The Kier molecular flexibility index (Phi) is 5.60. The van der Waals surface area contributed by atoms with Crippen molar-refractivity contribution < 1.29 is 9.90 Å². The van der Waals surface area contributed by atoms with Crippen LogP contribution in [0.1, 0.15) is 44.9 Å². The van der Waals surface area contributed by atoms with Gasteiger partial charge in [-0.05, 0) is 62.1 Å². The normalized spacial score (nSPS) is 28.2. The molecule has 6 heteroatoms. The van der Waals surface area contributed by atoms with E-state index in [1.807, 2.05) is 42.6 Å². The Morgan fingerprint density at radius 2 is 1.84 bits per heavy atom. The molecule has 1 amide bonds. The van der Waals surface area contributed by atoms with E-state index in [0.717, 1.165) is 69.2 Å². The highest BCUT2D eigenvalue weighted by Gasteiger charge is 2.50. The molecule has 3 aliphatic rings. The van der Waals surface area contributed by atoms with Gasteiger partial charge in [0.25, 0.3) is 0 Å². The summed E-state index contributed by atoms with van der Waals surface area (Å²) in [6.07, 6.45) is 7.73. The molecule has 1 N–H and O–H groups in total. The fourth-order valence-corrected chi connectivity index (χ4v) is 5.82. The molecule has 0 radical (unpaired) electrons. The van der Waals surface area contributed by atoms with E-state index in [0.29, 0.717) is 18.1 Å². The lowest BCUT2D eigenvalue weighted by Crippen LogP contribution is -2.50. The largest absolute Gasteiger partial charge is 0.393 e. The summed E-state index contributed by atoms with van der Waals surface area (Å²) in [6.45, 7) is 10.0. The molecular formula is C26H30N4O2. The minimum atomic E-state index is -0.368. The van der Waals surface area contributed by atoms with Crippen molar-refractivity contribution in [2.75, 3.05) is 24.5 Å². The van der Waals surface area contributed by atoms with Gasteiger partial charge in [0.1, 0.15) is 5.82 Å². The number of aliphatic hydroxyl groups is 1. The predicted octanol–water partition coefficient (Wildman–Crippen LogP) is 4.42. The molecule has 32 heavy (non-hydrogen) atoms. The van der Waals surface area contributed by atoms with Crippen LogP contribution < -0.4 is 4.90 Å². The maximum absolute atomic E-state index is 13.6. The molecule has 2 aliphatic heterocycles. The molecule has 6 nitrogen and oxygen atoms in total. The van der Waals surface area contributed by atoms with Gasteiger partial charge in [0, 0.05) is 31.9 Å². The second-order valence-corrected chi connectivity index (χ2v) is 9.56. The van der Waals surface area contributed by atoms with E-state index in [2.05, 4.69) is 14.6 Å². The Hall–Kier alpha value is -2.91. The first-order valence-electron chi connectivity index (χ1n) is 11.8. The highest BCUT2D eigenvalue weighted by Crippen LogP contribution is 2.44. The fraction of sp³-hybridized carbons (Fsp3) is 0.500. The number of carbonyl (C=O) groups excluding carboxylic acids is 1. The highest BCUT2D eigenvalue weighted by atomic mass is 16.3. The molecule has 1 spiro atoms. The Balaban J connectivity index is 1.36. The third kappa shape index (κ3) is 3.75. The van der Waals surface area contributed by atoms with E-state index in [9.17, 15) is 9.90 Å². The molecule has 3 heterocycles. The van der Waals surface area contributed by atoms with Crippen molar-refractivity contribution in [2.24, 2.45) is 5.41 Å². The van der Waals surface area contributed by atoms with Crippen molar-refractivity contribution in [1.29, 1.82) is 0 Å². The molecule has 166 valence electrons. The van der Waals surface area contributed by atoms with E-state index in [4.69, 9.17) is 11.6 Å². The van der Waals surface area contributed by atoms with E-state index in [1.165, 1.54) is 0 Å². The molecule has 1 atom stereocenters. The SMILES string of the molecule is [C-]#[N+]c1cc(-c2ccccc2)cnc1N1CCC[C@]2(CCN([C@H]3CC[C@H](O)CC3)C2=O)C1. The number of hydrogen-bond acceptors (Lipinski definition) is 4. The molecule has 2 aromatic rings. The third-order valence-corrected chi connectivity index (χ3v) is 7.60. The van der Waals surface area contributed by atoms with E-state index >= 15 is 0 Å². The van der Waals surface area contributed by atoms with Gasteiger partial charge in [-0.15, -0.1) is 0 Å². The van der Waals surface area contributed by atoms with Gasteiger partial charge in [0.2, 0.25) is 11.6 Å². The van der Waals surface area contributed by atoms with Crippen LogP contribution in [0.15, 0.2) is 42.6 Å². The summed E-state index contributed by atoms with van der Waals surface area (Å²) < 4.78 is 0. The van der Waals surface area contributed by atoms with Crippen LogP contribution in [0.2, 0.25) is 0 Å². The molecule has 0 unspecified atom stereocenters. The van der Waals surface area contributed by atoms with Gasteiger partial charge < -0.3 is 14.9 Å². The van der Waals surface area contributed by atoms with Crippen molar-refractivity contribution >= 4 is 17.4 Å². The number of piperidine rings is 1. The quantitative estimate of drug-likeness (QED) is 0.732. The monoisotopic (exact) mass is 430 g/mol. The molecule has 1 aromatic heterocycles. The average Bonchev–Trinajstić information content (AvgIpc) is 3.15. The van der Waals surface area contributed by atoms with E-state index in [1.54, 1.807) is 0 Å². The van der Waals surface area contributed by atoms with Gasteiger partial charge in [-0.25, -0.2) is 4.85 Å². The maximum Gasteiger partial charge on any atom is 0.230 e. The van der Waals surface area contributed by atoms with Gasteiger partial charge in [0.15, 0.2) is 0 Å². The summed E-state index contributed by atoms with van der Waals surface area (Å²) in [6, 6.07) is 12.2. The zero-order chi connectivity index (χ0) is 22.1. The first kappa shape index (κ1) is 21.0. The first-order valence-corrected chi connectivity index (χ1v) is 11.8. The molecule has 5 rings (SSSR count). The Morgan fingerprint density at radius 3 is 2.59 bits per heavy atom. The minimum Gasteiger partial charge on any atom is -0.393 e. The van der Waals surface area contributed by atoms with E-state index in [-0.39, 0.29) is 23.5 Å². The third-order valence-electron chi connectivity index (χ3n) is 7.60. The summed E-state index contributed by atoms with van der Waals surface area (Å²) in [5.41, 5.74) is 2.17. The maximum atomic E-state index is 13.6. The molecule has 3 fully saturated rings. The summed E-state index contributed by atoms with van der Waals surface area (Å²) in [4.78, 5) is 26.3. The number of pyridine rings is 1. The number of likely N-dealkylation sites (tertiary alicyclic amines) is 1. The minimum absolute atomic E-state index is 0.208. The number of nitrogens with zero attached hydrogens (tertiary/aromatic N) is 4. The molecule has 1 saturated carbocycles. The number of benzene rings is 1. The number of amides is 1. The Bertz CT molecular complexity index is 1030. The number of aliphatic hydroxyl groups excluding tert-OH is 1. The van der Waals surface area contributed by atoms with Gasteiger partial charge in [0.05, 0.1) is 18.1 Å². The smallest absolute Gasteiger partial charge is 0.230 e. The lowest BCUT2D eigenvalue weighted by Gasteiger charge is -2.41. The van der Waals surface area contributed by atoms with Gasteiger partial charge in [-0.1, -0.05) is 30.3 Å². The number of hydrogen-bond donors (Lipinski definition) is 1. The summed E-state index contributed by atoms with van der Waals surface area (Å²) in [5, 5.41) is 9.84. The van der Waals surface area contributed by atoms with Gasteiger partial charge >= 0.3 is 0 Å². The van der Waals surface area contributed by atoms with Crippen LogP contribution in [0.25, 0.3) is 16.0 Å². The molecule has 0 bridgehead atoms. The summed E-state index contributed by atoms with van der Waals surface area (Å²) in [5.74, 6) is 0.972. The van der Waals surface area contributed by atoms with Crippen LogP contribution in [-0.2, 0) is 4.79 Å². The van der Waals surface area contributed by atoms with Crippen LogP contribution in [0, 0.1) is 12.0 Å². The number of carbonyl (C=O) groups is 1. The molecule has 2 saturated heterocycles. The number of anilines is 1. The first-order chi connectivity index (χ1) is 15.6. The number of aromatic nitrogens is 1. The lowest BCUT2D eigenvalue weighted by molar-refractivity contribution is -0.139. The van der Waals surface area contributed by atoms with Crippen molar-refractivity contribution in [1.82, 2.24) is 9.88 Å². The molecule has 1 aliphatic carbocycles. The van der Waals surface area contributed by atoms with Crippen LogP contribution in [0.3, 0.4) is 0 Å². The zero-order valence-corrected chi connectivity index (χ0v) is 18.4. The Morgan fingerprint density at radius 1 is 1.06 bits per heavy atom. The molecule has 1 aromatic carbocycles. The van der Waals surface area contributed by atoms with Crippen molar-refractivity contribution in [2.45, 2.75) is 57.1 Å². The zero-order valence-electron chi connectivity index (χ0n) is 18.4. The van der Waals surface area contributed by atoms with Crippen molar-refractivity contribution in [3.8, 4) is 11.1 Å². The second-order valence-electron chi connectivity index (χ2n) is 9.56. The number of rotatable bonds is 3. The van der Waals surface area contributed by atoms with Crippen LogP contribution in [0.4, 0.5) is 11.5 Å². The lowest BCUT2D eigenvalue weighted by atomic mass is 9.78. The summed E-state index contributed by atoms with van der Waals surface area (Å²) in [7, 11) is 0. The van der Waals surface area contributed by atoms with Crippen molar-refractivity contribution in [3.05, 3.63) is 54.0 Å². The van der Waals surface area contributed by atoms with Crippen LogP contribution in [-0.4, -0.2) is 52.7 Å². The highest BCUT2D eigenvalue weighted by molar-refractivity contribution is 5.86. The van der Waals surface area contributed by atoms with Crippen molar-refractivity contribution in [3.63, 3.8) is 0 Å². The van der Waals surface area contributed by atoms with Gasteiger partial charge in [-0.3, -0.25) is 9.78 Å². The summed E-state index contributed by atoms with van der Waals surface area (Å²) >= 11 is 0. The fourth-order valence-electron chi connectivity index (χ4n) is 5.82. The molecular weight excluding hydrogens is 400 g/mol.